The highest BCUT2D eigenvalue weighted by Crippen LogP contribution is 2.40. The van der Waals surface area contributed by atoms with Crippen LogP contribution in [0.1, 0.15) is 45.8 Å². The maximum Gasteiger partial charge on any atom is 0.417 e. The largest absolute Gasteiger partial charge is 0.417 e. The van der Waals surface area contributed by atoms with Gasteiger partial charge in [-0.15, -0.1) is 0 Å². The number of nitro benzene ring substituents is 1. The van der Waals surface area contributed by atoms with Gasteiger partial charge in [0.05, 0.1) is 22.0 Å². The number of benzene rings is 2. The van der Waals surface area contributed by atoms with Crippen LogP contribution in [0.4, 0.5) is 45.2 Å². The summed E-state index contributed by atoms with van der Waals surface area (Å²) >= 11 is 5.63. The van der Waals surface area contributed by atoms with E-state index in [-0.39, 0.29) is 12.8 Å². The van der Waals surface area contributed by atoms with Crippen LogP contribution in [0.15, 0.2) is 42.5 Å². The summed E-state index contributed by atoms with van der Waals surface area (Å²) in [7, 11) is 0. The van der Waals surface area contributed by atoms with Crippen LogP contribution >= 0.6 is 11.6 Å². The zero-order chi connectivity index (χ0) is 31.0. The standard InChI is InChI=1S/C24H17ClF9N3O4/c25-17-6-3-13(10-18(17)37(40)41)15(23(29,30)31)5-2-12-1-4-14(16(9-12)24(32,33)34)19(38)36-21(7-8-21)20(39)35-11-22(26,27)28/h1-6,9-10,15H,7-8,11H2,(H,35,39)(H,36,38)/b5-2+. The van der Waals surface area contributed by atoms with Gasteiger partial charge in [0.25, 0.3) is 11.6 Å². The highest BCUT2D eigenvalue weighted by molar-refractivity contribution is 6.32. The molecule has 0 spiro atoms. The average molecular weight is 618 g/mol. The molecule has 2 aromatic carbocycles. The van der Waals surface area contributed by atoms with Gasteiger partial charge in [-0.05, 0) is 42.2 Å². The van der Waals surface area contributed by atoms with Gasteiger partial charge in [-0.2, -0.15) is 39.5 Å². The number of hydrogen-bond donors (Lipinski definition) is 2. The Bertz CT molecular complexity index is 1380. The summed E-state index contributed by atoms with van der Waals surface area (Å²) in [4.78, 5) is 34.8. The van der Waals surface area contributed by atoms with E-state index < -0.39 is 86.2 Å². The third-order valence-corrected chi connectivity index (χ3v) is 6.26. The van der Waals surface area contributed by atoms with Crippen molar-refractivity contribution < 1.29 is 54.0 Å². The molecule has 2 N–H and O–H groups in total. The normalized spacial score (nSPS) is 15.9. The molecule has 1 aliphatic rings. The molecule has 1 fully saturated rings. The van der Waals surface area contributed by atoms with Crippen LogP contribution in [-0.4, -0.2) is 41.2 Å². The van der Waals surface area contributed by atoms with E-state index >= 15 is 0 Å². The van der Waals surface area contributed by atoms with E-state index in [0.717, 1.165) is 18.2 Å². The molecule has 222 valence electrons. The fourth-order valence-corrected chi connectivity index (χ4v) is 3.93. The van der Waals surface area contributed by atoms with Gasteiger partial charge in [-0.3, -0.25) is 19.7 Å². The predicted octanol–water partition coefficient (Wildman–Crippen LogP) is 6.57. The van der Waals surface area contributed by atoms with Gasteiger partial charge in [0.2, 0.25) is 5.91 Å². The second-order valence-corrected chi connectivity index (χ2v) is 9.39. The van der Waals surface area contributed by atoms with Crippen LogP contribution in [0.2, 0.25) is 5.02 Å². The Morgan fingerprint density at radius 1 is 1.02 bits per heavy atom. The van der Waals surface area contributed by atoms with Crippen molar-refractivity contribution in [1.29, 1.82) is 0 Å². The number of carbonyl (C=O) groups excluding carboxylic acids is 2. The number of amides is 2. The molecule has 3 rings (SSSR count). The van der Waals surface area contributed by atoms with E-state index in [1.54, 1.807) is 5.32 Å². The quantitative estimate of drug-likeness (QED) is 0.199. The van der Waals surface area contributed by atoms with E-state index in [1.165, 1.54) is 0 Å². The lowest BCUT2D eigenvalue weighted by molar-refractivity contribution is -0.384. The molecule has 0 radical (unpaired) electrons. The van der Waals surface area contributed by atoms with Gasteiger partial charge in [-0.1, -0.05) is 35.9 Å². The zero-order valence-electron chi connectivity index (χ0n) is 20.2. The summed E-state index contributed by atoms with van der Waals surface area (Å²) in [6.45, 7) is -1.72. The number of allylic oxidation sites excluding steroid dienone is 1. The molecule has 1 atom stereocenters. The van der Waals surface area contributed by atoms with Gasteiger partial charge >= 0.3 is 18.5 Å². The average Bonchev–Trinajstić information content (AvgIpc) is 3.62. The molecular formula is C24H17ClF9N3O4. The molecule has 0 bridgehead atoms. The molecule has 0 aliphatic heterocycles. The Labute approximate surface area is 229 Å². The molecule has 17 heteroatoms. The number of halogens is 10. The molecule has 7 nitrogen and oxygen atoms in total. The Kier molecular flexibility index (Phi) is 8.67. The molecule has 1 aliphatic carbocycles. The second kappa shape index (κ2) is 11.2. The number of rotatable bonds is 8. The van der Waals surface area contributed by atoms with Gasteiger partial charge in [0.15, 0.2) is 0 Å². The Hall–Kier alpha value is -3.82. The molecule has 0 heterocycles. The third kappa shape index (κ3) is 7.89. The van der Waals surface area contributed by atoms with Crippen LogP contribution in [-0.2, 0) is 11.0 Å². The first-order valence-electron chi connectivity index (χ1n) is 11.3. The molecule has 0 aromatic heterocycles. The highest BCUT2D eigenvalue weighted by Gasteiger charge is 2.52. The second-order valence-electron chi connectivity index (χ2n) is 8.98. The molecule has 1 saturated carbocycles. The van der Waals surface area contributed by atoms with Crippen molar-refractivity contribution in [1.82, 2.24) is 10.6 Å². The first-order chi connectivity index (χ1) is 18.7. The smallest absolute Gasteiger partial charge is 0.345 e. The van der Waals surface area contributed by atoms with Crippen molar-refractivity contribution in [2.45, 2.75) is 42.8 Å². The summed E-state index contributed by atoms with van der Waals surface area (Å²) in [5.41, 5.74) is -6.32. The fourth-order valence-electron chi connectivity index (χ4n) is 3.75. The molecular weight excluding hydrogens is 601 g/mol. The SMILES string of the molecule is O=C(NC1(C(=O)NCC(F)(F)F)CC1)c1ccc(/C=C/C(c2ccc(Cl)c([N+](=O)[O-])c2)C(F)(F)F)cc1C(F)(F)F. The molecule has 2 amide bonds. The lowest BCUT2D eigenvalue weighted by Crippen LogP contribution is -2.51. The number of nitro groups is 1. The highest BCUT2D eigenvalue weighted by atomic mass is 35.5. The first-order valence-corrected chi connectivity index (χ1v) is 11.7. The minimum absolute atomic E-state index is 0.133. The van der Waals surface area contributed by atoms with Crippen molar-refractivity contribution in [3.8, 4) is 0 Å². The Morgan fingerprint density at radius 3 is 2.17 bits per heavy atom. The lowest BCUT2D eigenvalue weighted by atomic mass is 9.95. The van der Waals surface area contributed by atoms with Crippen molar-refractivity contribution in [2.75, 3.05) is 6.54 Å². The van der Waals surface area contributed by atoms with Crippen molar-refractivity contribution in [2.24, 2.45) is 0 Å². The van der Waals surface area contributed by atoms with Crippen LogP contribution in [0.25, 0.3) is 6.08 Å². The van der Waals surface area contributed by atoms with E-state index in [0.29, 0.717) is 30.4 Å². The van der Waals surface area contributed by atoms with Crippen LogP contribution < -0.4 is 10.6 Å². The van der Waals surface area contributed by atoms with Crippen molar-refractivity contribution in [3.05, 3.63) is 79.9 Å². The van der Waals surface area contributed by atoms with E-state index in [1.807, 2.05) is 5.32 Å². The lowest BCUT2D eigenvalue weighted by Gasteiger charge is -2.20. The van der Waals surface area contributed by atoms with Crippen LogP contribution in [0.5, 0.6) is 0 Å². The predicted molar refractivity (Wildman–Crippen MR) is 126 cm³/mol. The molecule has 1 unspecified atom stereocenters. The number of nitrogens with zero attached hydrogens (tertiary/aromatic N) is 1. The van der Waals surface area contributed by atoms with Crippen LogP contribution in [0, 0.1) is 10.1 Å². The minimum Gasteiger partial charge on any atom is -0.345 e. The number of carbonyl (C=O) groups is 2. The summed E-state index contributed by atoms with van der Waals surface area (Å²) in [5.74, 6) is -5.16. The summed E-state index contributed by atoms with van der Waals surface area (Å²) in [6.07, 6.45) is -14.1. The Morgan fingerprint density at radius 2 is 1.66 bits per heavy atom. The monoisotopic (exact) mass is 617 g/mol. The van der Waals surface area contributed by atoms with Crippen molar-refractivity contribution in [3.63, 3.8) is 0 Å². The summed E-state index contributed by atoms with van der Waals surface area (Å²) < 4.78 is 120. The van der Waals surface area contributed by atoms with E-state index in [9.17, 15) is 59.2 Å². The molecule has 2 aromatic rings. The van der Waals surface area contributed by atoms with Gasteiger partial charge in [0.1, 0.15) is 17.1 Å². The molecule has 0 saturated heterocycles. The van der Waals surface area contributed by atoms with E-state index in [4.69, 9.17) is 11.6 Å². The van der Waals surface area contributed by atoms with E-state index in [2.05, 4.69) is 0 Å². The maximum atomic E-state index is 13.8. The number of hydrogen-bond acceptors (Lipinski definition) is 4. The first kappa shape index (κ1) is 31.7. The fraction of sp³-hybridized carbons (Fsp3) is 0.333. The van der Waals surface area contributed by atoms with Gasteiger partial charge in [-0.25, -0.2) is 0 Å². The third-order valence-electron chi connectivity index (χ3n) is 5.94. The zero-order valence-corrected chi connectivity index (χ0v) is 20.9. The minimum atomic E-state index is -5.20. The van der Waals surface area contributed by atoms with Gasteiger partial charge < -0.3 is 10.6 Å². The number of nitrogens with one attached hydrogen (secondary N) is 2. The summed E-state index contributed by atoms with van der Waals surface area (Å²) in [6, 6.07) is 4.20. The van der Waals surface area contributed by atoms with Crippen LogP contribution in [0.3, 0.4) is 0 Å². The maximum absolute atomic E-state index is 13.8. The summed E-state index contributed by atoms with van der Waals surface area (Å²) in [5, 5.41) is 14.2. The Balaban J connectivity index is 1.90. The topological polar surface area (TPSA) is 101 Å². The molecule has 41 heavy (non-hydrogen) atoms. The number of alkyl halides is 9. The van der Waals surface area contributed by atoms with Gasteiger partial charge in [0, 0.05) is 6.07 Å². The van der Waals surface area contributed by atoms with Crippen molar-refractivity contribution >= 4 is 35.2 Å².